The molecule has 0 saturated heterocycles. The first-order valence-corrected chi connectivity index (χ1v) is 6.37. The van der Waals surface area contributed by atoms with Gasteiger partial charge in [0.1, 0.15) is 0 Å². The Hall–Kier alpha value is -1.36. The molecule has 0 unspecified atom stereocenters. The van der Waals surface area contributed by atoms with Gasteiger partial charge in [0.15, 0.2) is 0 Å². The maximum absolute atomic E-state index is 11.2. The number of nitrogens with two attached hydrogens (primary N) is 1. The van der Waals surface area contributed by atoms with E-state index in [-0.39, 0.29) is 5.41 Å². The van der Waals surface area contributed by atoms with E-state index in [1.165, 1.54) is 0 Å². The van der Waals surface area contributed by atoms with Gasteiger partial charge in [-0.15, -0.1) is 0 Å². The molecule has 0 aliphatic carbocycles. The number of primary amides is 1. The third-order valence-corrected chi connectivity index (χ3v) is 3.34. The van der Waals surface area contributed by atoms with Crippen LogP contribution in [-0.2, 0) is 15.0 Å². The first-order valence-electron chi connectivity index (χ1n) is 5.58. The number of benzene rings is 1. The summed E-state index contributed by atoms with van der Waals surface area (Å²) in [7, 11) is 0. The van der Waals surface area contributed by atoms with E-state index in [4.69, 9.17) is 5.73 Å². The van der Waals surface area contributed by atoms with Crippen molar-refractivity contribution in [3.63, 3.8) is 0 Å². The number of nitrogens with one attached hydrogen (secondary N) is 1. The summed E-state index contributed by atoms with van der Waals surface area (Å²) in [4.78, 5) is 21.9. The molecule has 0 aliphatic rings. The van der Waals surface area contributed by atoms with Crippen LogP contribution in [0.25, 0.3) is 0 Å². The highest BCUT2D eigenvalue weighted by atomic mass is 79.9. The summed E-state index contributed by atoms with van der Waals surface area (Å²) in [5, 5.41) is 2.54. The third kappa shape index (κ3) is 3.57. The number of carbonyl (C=O) groups is 2. The topological polar surface area (TPSA) is 72.2 Å². The second-order valence-electron chi connectivity index (χ2n) is 4.89. The Labute approximate surface area is 115 Å². The molecule has 0 radical (unpaired) electrons. The molecular weight excluding hydrogens is 296 g/mol. The van der Waals surface area contributed by atoms with Gasteiger partial charge in [0.25, 0.3) is 0 Å². The fraction of sp³-hybridized carbons (Fsp3) is 0.385. The Morgan fingerprint density at radius 1 is 1.39 bits per heavy atom. The van der Waals surface area contributed by atoms with E-state index in [0.717, 1.165) is 15.6 Å². The second kappa shape index (κ2) is 5.52. The smallest absolute Gasteiger partial charge is 0.309 e. The van der Waals surface area contributed by atoms with Gasteiger partial charge in [0.05, 0.1) is 0 Å². The molecular formula is C13H17BrN2O2. The largest absolute Gasteiger partial charge is 0.361 e. The number of aryl methyl sites for hydroxylation is 1. The fourth-order valence-electron chi connectivity index (χ4n) is 1.81. The third-order valence-electron chi connectivity index (χ3n) is 2.84. The molecule has 0 spiro atoms. The zero-order valence-electron chi connectivity index (χ0n) is 10.7. The first kappa shape index (κ1) is 14.7. The highest BCUT2D eigenvalue weighted by Gasteiger charge is 2.24. The Morgan fingerprint density at radius 3 is 2.56 bits per heavy atom. The zero-order chi connectivity index (χ0) is 13.9. The minimum atomic E-state index is -0.961. The van der Waals surface area contributed by atoms with Gasteiger partial charge in [0, 0.05) is 16.4 Å². The summed E-state index contributed by atoms with van der Waals surface area (Å²) in [6.45, 7) is 6.37. The molecule has 0 bridgehead atoms. The van der Waals surface area contributed by atoms with Crippen molar-refractivity contribution in [3.8, 4) is 0 Å². The van der Waals surface area contributed by atoms with Gasteiger partial charge in [-0.25, -0.2) is 0 Å². The minimum absolute atomic E-state index is 0.279. The molecule has 0 aromatic heterocycles. The molecule has 1 rings (SSSR count). The normalized spacial score (nSPS) is 11.1. The monoisotopic (exact) mass is 312 g/mol. The van der Waals surface area contributed by atoms with Crippen molar-refractivity contribution >= 4 is 27.7 Å². The van der Waals surface area contributed by atoms with Crippen LogP contribution in [0.5, 0.6) is 0 Å². The van der Waals surface area contributed by atoms with Crippen molar-refractivity contribution in [1.29, 1.82) is 0 Å². The van der Waals surface area contributed by atoms with Crippen molar-refractivity contribution in [3.05, 3.63) is 33.8 Å². The molecule has 0 atom stereocenters. The maximum atomic E-state index is 11.2. The Kier molecular flexibility index (Phi) is 4.51. The highest BCUT2D eigenvalue weighted by Crippen LogP contribution is 2.28. The number of halogens is 1. The summed E-state index contributed by atoms with van der Waals surface area (Å²) < 4.78 is 0.984. The minimum Gasteiger partial charge on any atom is -0.361 e. The summed E-state index contributed by atoms with van der Waals surface area (Å²) in [6.07, 6.45) is 0. The second-order valence-corrected chi connectivity index (χ2v) is 5.81. The van der Waals surface area contributed by atoms with Crippen molar-refractivity contribution in [2.75, 3.05) is 6.54 Å². The van der Waals surface area contributed by atoms with Gasteiger partial charge in [-0.2, -0.15) is 0 Å². The predicted molar refractivity (Wildman–Crippen MR) is 74.1 cm³/mol. The highest BCUT2D eigenvalue weighted by molar-refractivity contribution is 9.10. The molecule has 1 aromatic rings. The van der Waals surface area contributed by atoms with Crippen LogP contribution in [0.15, 0.2) is 22.7 Å². The summed E-state index contributed by atoms with van der Waals surface area (Å²) in [6, 6.07) is 6.00. The first-order chi connectivity index (χ1) is 8.24. The van der Waals surface area contributed by atoms with E-state index in [0.29, 0.717) is 6.54 Å². The average molecular weight is 313 g/mol. The molecule has 1 aromatic carbocycles. The van der Waals surface area contributed by atoms with E-state index in [2.05, 4.69) is 21.2 Å². The van der Waals surface area contributed by atoms with Crippen LogP contribution in [0.2, 0.25) is 0 Å². The number of rotatable bonds is 3. The average Bonchev–Trinajstić information content (AvgIpc) is 2.29. The van der Waals surface area contributed by atoms with Gasteiger partial charge in [-0.1, -0.05) is 35.8 Å². The van der Waals surface area contributed by atoms with Gasteiger partial charge in [0.2, 0.25) is 0 Å². The van der Waals surface area contributed by atoms with E-state index >= 15 is 0 Å². The van der Waals surface area contributed by atoms with Crippen molar-refractivity contribution in [2.24, 2.45) is 5.73 Å². The summed E-state index contributed by atoms with van der Waals surface area (Å²) in [5.41, 5.74) is 6.87. The summed E-state index contributed by atoms with van der Waals surface area (Å²) >= 11 is 3.43. The molecule has 0 heterocycles. The van der Waals surface area contributed by atoms with E-state index in [9.17, 15) is 9.59 Å². The van der Waals surface area contributed by atoms with E-state index in [1.807, 2.05) is 39.0 Å². The quantitative estimate of drug-likeness (QED) is 0.833. The number of hydrogen-bond acceptors (Lipinski definition) is 2. The molecule has 5 heteroatoms. The number of carbonyl (C=O) groups excluding carboxylic acids is 2. The summed E-state index contributed by atoms with van der Waals surface area (Å²) in [5.74, 6) is -1.72. The van der Waals surface area contributed by atoms with E-state index < -0.39 is 11.8 Å². The predicted octanol–water partition coefficient (Wildman–Crippen LogP) is 1.64. The molecule has 4 nitrogen and oxygen atoms in total. The van der Waals surface area contributed by atoms with Crippen LogP contribution in [0.3, 0.4) is 0 Å². The number of hydrogen-bond donors (Lipinski definition) is 2. The Morgan fingerprint density at radius 2 is 2.00 bits per heavy atom. The van der Waals surface area contributed by atoms with Gasteiger partial charge in [-0.3, -0.25) is 9.59 Å². The van der Waals surface area contributed by atoms with Gasteiger partial charge in [-0.05, 0) is 30.2 Å². The molecule has 0 aliphatic heterocycles. The SMILES string of the molecule is Cc1ccc(Br)cc1C(C)(C)CNC(=O)C(N)=O. The lowest BCUT2D eigenvalue weighted by atomic mass is 9.82. The van der Waals surface area contributed by atoms with Crippen molar-refractivity contribution < 1.29 is 9.59 Å². The lowest BCUT2D eigenvalue weighted by Crippen LogP contribution is -2.42. The van der Waals surface area contributed by atoms with Gasteiger partial charge >= 0.3 is 11.8 Å². The van der Waals surface area contributed by atoms with E-state index in [1.54, 1.807) is 0 Å². The Bertz CT molecular complexity index is 484. The fourth-order valence-corrected chi connectivity index (χ4v) is 2.17. The van der Waals surface area contributed by atoms with Crippen molar-refractivity contribution in [2.45, 2.75) is 26.2 Å². The zero-order valence-corrected chi connectivity index (χ0v) is 12.3. The molecule has 98 valence electrons. The van der Waals surface area contributed by atoms with Crippen LogP contribution < -0.4 is 11.1 Å². The van der Waals surface area contributed by atoms with Crippen molar-refractivity contribution in [1.82, 2.24) is 5.32 Å². The molecule has 3 N–H and O–H groups in total. The molecule has 2 amide bonds. The van der Waals surface area contributed by atoms with Crippen LogP contribution >= 0.6 is 15.9 Å². The Balaban J connectivity index is 2.89. The lowest BCUT2D eigenvalue weighted by Gasteiger charge is -2.27. The molecule has 18 heavy (non-hydrogen) atoms. The number of amides is 2. The maximum Gasteiger partial charge on any atom is 0.309 e. The molecule has 0 saturated carbocycles. The van der Waals surface area contributed by atoms with Crippen LogP contribution in [-0.4, -0.2) is 18.4 Å². The van der Waals surface area contributed by atoms with Gasteiger partial charge < -0.3 is 11.1 Å². The van der Waals surface area contributed by atoms with Crippen LogP contribution in [0.1, 0.15) is 25.0 Å². The lowest BCUT2D eigenvalue weighted by molar-refractivity contribution is -0.137. The van der Waals surface area contributed by atoms with Crippen LogP contribution in [0, 0.1) is 6.92 Å². The molecule has 0 fully saturated rings. The standard InChI is InChI=1S/C13H17BrN2O2/c1-8-4-5-9(14)6-10(8)13(2,3)7-16-12(18)11(15)17/h4-6H,7H2,1-3H3,(H2,15,17)(H,16,18). The van der Waals surface area contributed by atoms with Crippen LogP contribution in [0.4, 0.5) is 0 Å².